The average molecular weight is 378 g/mol. The van der Waals surface area contributed by atoms with Gasteiger partial charge in [-0.2, -0.15) is 16.9 Å². The summed E-state index contributed by atoms with van der Waals surface area (Å²) < 4.78 is 1.97. The summed E-state index contributed by atoms with van der Waals surface area (Å²) >= 11 is 2.05. The molecular weight excluding hydrogens is 346 g/mol. The lowest BCUT2D eigenvalue weighted by molar-refractivity contribution is 0.0812. The molecule has 1 unspecified atom stereocenters. The molecule has 1 aromatic rings. The van der Waals surface area contributed by atoms with Crippen molar-refractivity contribution in [2.75, 3.05) is 44.2 Å². The van der Waals surface area contributed by atoms with Gasteiger partial charge in [-0.05, 0) is 38.3 Å². The molecule has 1 aliphatic carbocycles. The Kier molecular flexibility index (Phi) is 5.86. The van der Waals surface area contributed by atoms with Crippen molar-refractivity contribution in [3.05, 3.63) is 18.0 Å². The number of rotatable bonds is 5. The largest absolute Gasteiger partial charge is 0.349 e. The molecule has 3 heterocycles. The minimum atomic E-state index is -0.0230. The van der Waals surface area contributed by atoms with Crippen molar-refractivity contribution in [2.45, 2.75) is 50.1 Å². The molecule has 26 heavy (non-hydrogen) atoms. The maximum absolute atomic E-state index is 12.7. The molecule has 0 aromatic carbocycles. The fourth-order valence-corrected chi connectivity index (χ4v) is 5.64. The SMILES string of the molecule is O=C(NCC1(N2CCSCC2)CCCC1)c1ccn(C2CCCNC2)n1. The van der Waals surface area contributed by atoms with Gasteiger partial charge in [0.1, 0.15) is 5.69 Å². The van der Waals surface area contributed by atoms with Gasteiger partial charge in [0, 0.05) is 49.4 Å². The van der Waals surface area contributed by atoms with E-state index in [1.165, 1.54) is 43.6 Å². The number of aromatic nitrogens is 2. The second kappa shape index (κ2) is 8.31. The van der Waals surface area contributed by atoms with Crippen molar-refractivity contribution in [3.63, 3.8) is 0 Å². The molecule has 1 saturated carbocycles. The first-order valence-electron chi connectivity index (χ1n) is 10.1. The third-order valence-corrected chi connectivity index (χ3v) is 7.22. The standard InChI is InChI=1S/C19H31N5OS/c25-18(17-5-9-24(22-17)16-4-3-8-20-14-16)21-15-19(6-1-2-7-19)23-10-12-26-13-11-23/h5,9,16,20H,1-4,6-8,10-15H2,(H,21,25). The van der Waals surface area contributed by atoms with Crippen LogP contribution in [0.5, 0.6) is 0 Å². The maximum Gasteiger partial charge on any atom is 0.271 e. The molecule has 6 nitrogen and oxygen atoms in total. The predicted molar refractivity (Wildman–Crippen MR) is 106 cm³/mol. The molecule has 1 atom stereocenters. The number of carbonyl (C=O) groups excluding carboxylic acids is 1. The number of hydrogen-bond acceptors (Lipinski definition) is 5. The van der Waals surface area contributed by atoms with Gasteiger partial charge in [0.2, 0.25) is 0 Å². The molecule has 144 valence electrons. The Bertz CT molecular complexity index is 601. The van der Waals surface area contributed by atoms with E-state index in [0.717, 1.165) is 39.1 Å². The van der Waals surface area contributed by atoms with Crippen molar-refractivity contribution in [1.29, 1.82) is 0 Å². The van der Waals surface area contributed by atoms with Gasteiger partial charge >= 0.3 is 0 Å². The number of piperidine rings is 1. The van der Waals surface area contributed by atoms with E-state index in [1.54, 1.807) is 0 Å². The fourth-order valence-electron chi connectivity index (χ4n) is 4.73. The molecule has 2 N–H and O–H groups in total. The van der Waals surface area contributed by atoms with Gasteiger partial charge in [0.25, 0.3) is 5.91 Å². The monoisotopic (exact) mass is 377 g/mol. The first-order chi connectivity index (χ1) is 12.8. The summed E-state index contributed by atoms with van der Waals surface area (Å²) in [4.78, 5) is 15.3. The molecule has 2 saturated heterocycles. The first-order valence-corrected chi connectivity index (χ1v) is 11.3. The zero-order valence-electron chi connectivity index (χ0n) is 15.6. The number of hydrogen-bond donors (Lipinski definition) is 2. The Labute approximate surface area is 160 Å². The molecule has 0 spiro atoms. The molecule has 7 heteroatoms. The molecule has 1 amide bonds. The second-order valence-electron chi connectivity index (χ2n) is 7.89. The van der Waals surface area contributed by atoms with E-state index >= 15 is 0 Å². The highest BCUT2D eigenvalue weighted by molar-refractivity contribution is 7.99. The smallest absolute Gasteiger partial charge is 0.271 e. The number of nitrogens with zero attached hydrogens (tertiary/aromatic N) is 3. The summed E-state index contributed by atoms with van der Waals surface area (Å²) in [7, 11) is 0. The predicted octanol–water partition coefficient (Wildman–Crippen LogP) is 1.90. The van der Waals surface area contributed by atoms with E-state index in [2.05, 4.69) is 20.6 Å². The Morgan fingerprint density at radius 3 is 2.85 bits per heavy atom. The van der Waals surface area contributed by atoms with E-state index in [9.17, 15) is 4.79 Å². The van der Waals surface area contributed by atoms with E-state index in [4.69, 9.17) is 0 Å². The molecule has 3 fully saturated rings. The van der Waals surface area contributed by atoms with Gasteiger partial charge in [-0.25, -0.2) is 0 Å². The van der Waals surface area contributed by atoms with Crippen molar-refractivity contribution in [1.82, 2.24) is 25.3 Å². The van der Waals surface area contributed by atoms with E-state index in [0.29, 0.717) is 11.7 Å². The maximum atomic E-state index is 12.7. The molecule has 0 bridgehead atoms. The summed E-state index contributed by atoms with van der Waals surface area (Å²) in [6.45, 7) is 5.10. The normalized spacial score (nSPS) is 26.7. The first kappa shape index (κ1) is 18.3. The number of amides is 1. The highest BCUT2D eigenvalue weighted by Gasteiger charge is 2.40. The molecule has 3 aliphatic rings. The highest BCUT2D eigenvalue weighted by Crippen LogP contribution is 2.36. The van der Waals surface area contributed by atoms with Gasteiger partial charge in [0.15, 0.2) is 0 Å². The molecule has 2 aliphatic heterocycles. The summed E-state index contributed by atoms with van der Waals surface area (Å²) in [5, 5.41) is 11.2. The summed E-state index contributed by atoms with van der Waals surface area (Å²) in [5.74, 6) is 2.41. The van der Waals surface area contributed by atoms with Crippen molar-refractivity contribution >= 4 is 17.7 Å². The van der Waals surface area contributed by atoms with E-state index in [-0.39, 0.29) is 11.4 Å². The van der Waals surface area contributed by atoms with Crippen LogP contribution in [0.25, 0.3) is 0 Å². The Morgan fingerprint density at radius 2 is 2.12 bits per heavy atom. The van der Waals surface area contributed by atoms with Gasteiger partial charge in [-0.3, -0.25) is 14.4 Å². The third kappa shape index (κ3) is 3.94. The number of carbonyl (C=O) groups is 1. The number of nitrogens with one attached hydrogen (secondary N) is 2. The van der Waals surface area contributed by atoms with Crippen molar-refractivity contribution in [2.24, 2.45) is 0 Å². The van der Waals surface area contributed by atoms with Crippen LogP contribution in [0.3, 0.4) is 0 Å². The topological polar surface area (TPSA) is 62.2 Å². The minimum absolute atomic E-state index is 0.0230. The molecular formula is C19H31N5OS. The van der Waals surface area contributed by atoms with Crippen LogP contribution < -0.4 is 10.6 Å². The summed E-state index contributed by atoms with van der Waals surface area (Å²) in [5.41, 5.74) is 0.727. The van der Waals surface area contributed by atoms with Crippen LogP contribution in [0, 0.1) is 0 Å². The highest BCUT2D eigenvalue weighted by atomic mass is 32.2. The summed E-state index contributed by atoms with van der Waals surface area (Å²) in [6.07, 6.45) is 9.24. The van der Waals surface area contributed by atoms with Crippen molar-refractivity contribution in [3.8, 4) is 0 Å². The lowest BCUT2D eigenvalue weighted by Gasteiger charge is -2.43. The van der Waals surface area contributed by atoms with E-state index < -0.39 is 0 Å². The Balaban J connectivity index is 1.37. The fraction of sp³-hybridized carbons (Fsp3) is 0.789. The van der Waals surface area contributed by atoms with Crippen LogP contribution in [0.4, 0.5) is 0 Å². The Hall–Kier alpha value is -1.05. The molecule has 0 radical (unpaired) electrons. The Morgan fingerprint density at radius 1 is 1.31 bits per heavy atom. The summed E-state index contributed by atoms with van der Waals surface area (Å²) in [6, 6.07) is 2.24. The van der Waals surface area contributed by atoms with Gasteiger partial charge < -0.3 is 10.6 Å². The zero-order valence-corrected chi connectivity index (χ0v) is 16.4. The quantitative estimate of drug-likeness (QED) is 0.821. The van der Waals surface area contributed by atoms with Gasteiger partial charge in [-0.15, -0.1) is 0 Å². The zero-order chi connectivity index (χ0) is 17.8. The van der Waals surface area contributed by atoms with Crippen LogP contribution in [0.15, 0.2) is 12.3 Å². The molecule has 4 rings (SSSR count). The average Bonchev–Trinajstić information content (AvgIpc) is 3.38. The lowest BCUT2D eigenvalue weighted by atomic mass is 9.94. The minimum Gasteiger partial charge on any atom is -0.349 e. The second-order valence-corrected chi connectivity index (χ2v) is 9.12. The number of thioether (sulfide) groups is 1. The molecule has 1 aromatic heterocycles. The van der Waals surface area contributed by atoms with Crippen LogP contribution in [-0.4, -0.2) is 70.4 Å². The van der Waals surface area contributed by atoms with Crippen molar-refractivity contribution < 1.29 is 4.79 Å². The van der Waals surface area contributed by atoms with Gasteiger partial charge in [0.05, 0.1) is 6.04 Å². The van der Waals surface area contributed by atoms with Crippen LogP contribution in [0.1, 0.15) is 55.1 Å². The lowest BCUT2D eigenvalue weighted by Crippen LogP contribution is -2.56. The van der Waals surface area contributed by atoms with E-state index in [1.807, 2.05) is 28.7 Å². The van der Waals surface area contributed by atoms with Gasteiger partial charge in [-0.1, -0.05) is 12.8 Å². The van der Waals surface area contributed by atoms with Crippen LogP contribution >= 0.6 is 11.8 Å². The van der Waals surface area contributed by atoms with Crippen LogP contribution in [-0.2, 0) is 0 Å². The third-order valence-electron chi connectivity index (χ3n) is 6.28. The van der Waals surface area contributed by atoms with Crippen LogP contribution in [0.2, 0.25) is 0 Å².